The molecule has 0 radical (unpaired) electrons. The predicted octanol–water partition coefficient (Wildman–Crippen LogP) is 2.06. The van der Waals surface area contributed by atoms with Gasteiger partial charge in [0.15, 0.2) is 11.5 Å². The number of ether oxygens (including phenoxy) is 1. The molecule has 1 saturated heterocycles. The van der Waals surface area contributed by atoms with Crippen LogP contribution in [0.5, 0.6) is 0 Å². The van der Waals surface area contributed by atoms with Gasteiger partial charge in [0.25, 0.3) is 5.91 Å². The van der Waals surface area contributed by atoms with Crippen LogP contribution in [-0.2, 0) is 18.2 Å². The van der Waals surface area contributed by atoms with Crippen LogP contribution < -0.4 is 0 Å². The molecule has 8 nitrogen and oxygen atoms in total. The van der Waals surface area contributed by atoms with Crippen molar-refractivity contribution in [2.45, 2.75) is 45.1 Å². The summed E-state index contributed by atoms with van der Waals surface area (Å²) >= 11 is 0. The molecule has 4 rings (SSSR count). The second kappa shape index (κ2) is 7.19. The van der Waals surface area contributed by atoms with Crippen LogP contribution >= 0.6 is 0 Å². The topological polar surface area (TPSA) is 86.3 Å². The summed E-state index contributed by atoms with van der Waals surface area (Å²) in [6, 6.07) is 1.65. The van der Waals surface area contributed by atoms with E-state index in [1.807, 2.05) is 20.0 Å². The Labute approximate surface area is 152 Å². The normalized spacial score (nSPS) is 20.1. The first-order valence-electron chi connectivity index (χ1n) is 9.33. The van der Waals surface area contributed by atoms with E-state index in [-0.39, 0.29) is 11.9 Å². The summed E-state index contributed by atoms with van der Waals surface area (Å²) in [6.07, 6.45) is 4.96. The Bertz CT molecular complexity index is 760. The van der Waals surface area contributed by atoms with Crippen LogP contribution in [0.3, 0.4) is 0 Å². The van der Waals surface area contributed by atoms with Gasteiger partial charge in [-0.2, -0.15) is 10.1 Å². The molecule has 0 aromatic carbocycles. The second-order valence-corrected chi connectivity index (χ2v) is 7.27. The molecule has 26 heavy (non-hydrogen) atoms. The van der Waals surface area contributed by atoms with Crippen LogP contribution in [0.1, 0.15) is 59.6 Å². The van der Waals surface area contributed by atoms with Crippen molar-refractivity contribution in [3.8, 4) is 0 Å². The quantitative estimate of drug-likeness (QED) is 0.703. The van der Waals surface area contributed by atoms with Crippen molar-refractivity contribution in [1.29, 1.82) is 0 Å². The zero-order chi connectivity index (χ0) is 18.1. The van der Waals surface area contributed by atoms with Crippen molar-refractivity contribution in [1.82, 2.24) is 24.8 Å². The molecule has 2 fully saturated rings. The van der Waals surface area contributed by atoms with E-state index in [4.69, 9.17) is 9.26 Å². The molecule has 1 aliphatic carbocycles. The Kier molecular flexibility index (Phi) is 4.76. The Balaban J connectivity index is 1.38. The Morgan fingerprint density at radius 1 is 1.38 bits per heavy atom. The summed E-state index contributed by atoms with van der Waals surface area (Å²) in [5.41, 5.74) is 1.42. The van der Waals surface area contributed by atoms with Crippen molar-refractivity contribution in [2.24, 2.45) is 13.0 Å². The highest BCUT2D eigenvalue weighted by Gasteiger charge is 2.35. The van der Waals surface area contributed by atoms with E-state index in [9.17, 15) is 4.79 Å². The summed E-state index contributed by atoms with van der Waals surface area (Å²) < 4.78 is 12.8. The second-order valence-electron chi connectivity index (χ2n) is 7.27. The minimum Gasteiger partial charge on any atom is -0.381 e. The SMILES string of the molecule is Cc1cc(C(=O)N2CCCC2c2nc(CCOCC3CC3)no2)nn1C. The maximum Gasteiger partial charge on any atom is 0.275 e. The highest BCUT2D eigenvalue weighted by molar-refractivity contribution is 5.92. The molecule has 3 heterocycles. The van der Waals surface area contributed by atoms with Gasteiger partial charge in [0.05, 0.1) is 6.61 Å². The largest absolute Gasteiger partial charge is 0.381 e. The number of hydrogen-bond acceptors (Lipinski definition) is 6. The van der Waals surface area contributed by atoms with E-state index in [2.05, 4.69) is 15.2 Å². The van der Waals surface area contributed by atoms with Gasteiger partial charge in [0.2, 0.25) is 5.89 Å². The van der Waals surface area contributed by atoms with Crippen molar-refractivity contribution in [2.75, 3.05) is 19.8 Å². The van der Waals surface area contributed by atoms with Crippen molar-refractivity contribution >= 4 is 5.91 Å². The standard InChI is InChI=1S/C18H25N5O3/c1-12-10-14(20-22(12)2)18(24)23-8-3-4-15(23)17-19-16(21-26-17)7-9-25-11-13-5-6-13/h10,13,15H,3-9,11H2,1-2H3. The molecule has 8 heteroatoms. The van der Waals surface area contributed by atoms with Crippen LogP contribution in [0.2, 0.25) is 0 Å². The molecule has 1 saturated carbocycles. The lowest BCUT2D eigenvalue weighted by atomic mass is 10.2. The van der Waals surface area contributed by atoms with E-state index >= 15 is 0 Å². The van der Waals surface area contributed by atoms with E-state index in [1.165, 1.54) is 12.8 Å². The molecule has 2 aromatic rings. The predicted molar refractivity (Wildman–Crippen MR) is 92.5 cm³/mol. The number of amides is 1. The van der Waals surface area contributed by atoms with Gasteiger partial charge in [-0.15, -0.1) is 0 Å². The lowest BCUT2D eigenvalue weighted by Crippen LogP contribution is -2.31. The first kappa shape index (κ1) is 17.2. The summed E-state index contributed by atoms with van der Waals surface area (Å²) in [6.45, 7) is 4.05. The van der Waals surface area contributed by atoms with Crippen LogP contribution in [0, 0.1) is 12.8 Å². The molecule has 0 N–H and O–H groups in total. The van der Waals surface area contributed by atoms with E-state index in [0.717, 1.165) is 31.1 Å². The summed E-state index contributed by atoms with van der Waals surface area (Å²) in [5.74, 6) is 1.83. The number of carbonyl (C=O) groups is 1. The summed E-state index contributed by atoms with van der Waals surface area (Å²) in [5, 5.41) is 8.35. The lowest BCUT2D eigenvalue weighted by molar-refractivity contribution is 0.0703. The molecule has 1 amide bonds. The first-order valence-corrected chi connectivity index (χ1v) is 9.33. The highest BCUT2D eigenvalue weighted by Crippen LogP contribution is 2.32. The van der Waals surface area contributed by atoms with Crippen molar-refractivity contribution < 1.29 is 14.1 Å². The number of aromatic nitrogens is 4. The molecule has 2 aromatic heterocycles. The zero-order valence-corrected chi connectivity index (χ0v) is 15.3. The number of likely N-dealkylation sites (tertiary alicyclic amines) is 1. The van der Waals surface area contributed by atoms with E-state index < -0.39 is 0 Å². The highest BCUT2D eigenvalue weighted by atomic mass is 16.5. The summed E-state index contributed by atoms with van der Waals surface area (Å²) in [7, 11) is 1.84. The smallest absolute Gasteiger partial charge is 0.275 e. The molecule has 140 valence electrons. The lowest BCUT2D eigenvalue weighted by Gasteiger charge is -2.20. The third-order valence-electron chi connectivity index (χ3n) is 5.14. The van der Waals surface area contributed by atoms with Gasteiger partial charge in [-0.3, -0.25) is 9.48 Å². The fourth-order valence-corrected chi connectivity index (χ4v) is 3.28. The summed E-state index contributed by atoms with van der Waals surface area (Å²) in [4.78, 5) is 19.1. The maximum absolute atomic E-state index is 12.8. The van der Waals surface area contributed by atoms with Crippen molar-refractivity contribution in [3.63, 3.8) is 0 Å². The molecular weight excluding hydrogens is 334 g/mol. The first-order chi connectivity index (χ1) is 12.6. The molecule has 0 spiro atoms. The minimum absolute atomic E-state index is 0.0799. The third-order valence-corrected chi connectivity index (χ3v) is 5.14. The number of carbonyl (C=O) groups excluding carboxylic acids is 1. The molecule has 1 atom stereocenters. The van der Waals surface area contributed by atoms with Gasteiger partial charge in [0, 0.05) is 32.3 Å². The Hall–Kier alpha value is -2.22. The Morgan fingerprint density at radius 3 is 2.96 bits per heavy atom. The van der Waals surface area contributed by atoms with Gasteiger partial charge < -0.3 is 14.2 Å². The van der Waals surface area contributed by atoms with Gasteiger partial charge in [0.1, 0.15) is 6.04 Å². The average molecular weight is 359 g/mol. The Morgan fingerprint density at radius 2 is 2.23 bits per heavy atom. The van der Waals surface area contributed by atoms with Crippen molar-refractivity contribution in [3.05, 3.63) is 29.2 Å². The van der Waals surface area contributed by atoms with Gasteiger partial charge in [-0.05, 0) is 44.6 Å². The average Bonchev–Trinajstić information content (AvgIpc) is 3.01. The van der Waals surface area contributed by atoms with Gasteiger partial charge in [-0.1, -0.05) is 5.16 Å². The fraction of sp³-hybridized carbons (Fsp3) is 0.667. The third kappa shape index (κ3) is 3.65. The van der Waals surface area contributed by atoms with Crippen LogP contribution in [0.25, 0.3) is 0 Å². The van der Waals surface area contributed by atoms with E-state index in [1.54, 1.807) is 9.58 Å². The van der Waals surface area contributed by atoms with Gasteiger partial charge >= 0.3 is 0 Å². The molecule has 1 unspecified atom stereocenters. The molecule has 0 bridgehead atoms. The number of hydrogen-bond donors (Lipinski definition) is 0. The molecule has 2 aliphatic rings. The zero-order valence-electron chi connectivity index (χ0n) is 15.3. The van der Waals surface area contributed by atoms with Gasteiger partial charge in [-0.25, -0.2) is 0 Å². The molecule has 1 aliphatic heterocycles. The van der Waals surface area contributed by atoms with E-state index in [0.29, 0.717) is 37.0 Å². The number of nitrogens with zero attached hydrogens (tertiary/aromatic N) is 5. The molecular formula is C18H25N5O3. The van der Waals surface area contributed by atoms with Crippen LogP contribution in [0.4, 0.5) is 0 Å². The fourth-order valence-electron chi connectivity index (χ4n) is 3.28. The number of rotatable bonds is 7. The maximum atomic E-state index is 12.8. The number of aryl methyl sites for hydroxylation is 2. The minimum atomic E-state index is -0.168. The van der Waals surface area contributed by atoms with Crippen LogP contribution in [-0.4, -0.2) is 50.5 Å². The van der Waals surface area contributed by atoms with Crippen LogP contribution in [0.15, 0.2) is 10.6 Å². The monoisotopic (exact) mass is 359 g/mol.